The second-order valence-corrected chi connectivity index (χ2v) is 3.28. The highest BCUT2D eigenvalue weighted by molar-refractivity contribution is 5.32. The maximum atomic E-state index is 13.4. The first-order chi connectivity index (χ1) is 7.70. The smallest absolute Gasteiger partial charge is 0.149 e. The van der Waals surface area contributed by atoms with Crippen LogP contribution in [0.5, 0.6) is 0 Å². The third-order valence-corrected chi connectivity index (χ3v) is 2.05. The zero-order valence-electron chi connectivity index (χ0n) is 8.61. The Morgan fingerprint density at radius 1 is 1.38 bits per heavy atom. The molecule has 0 aliphatic rings. The number of halogens is 2. The average Bonchev–Trinajstić information content (AvgIpc) is 2.71. The normalized spacial score (nSPS) is 10.7. The number of benzene rings is 1. The van der Waals surface area contributed by atoms with Crippen molar-refractivity contribution in [1.29, 1.82) is 0 Å². The van der Waals surface area contributed by atoms with E-state index in [0.29, 0.717) is 12.2 Å². The molecule has 1 aromatic heterocycles. The molecule has 2 aromatic rings. The van der Waals surface area contributed by atoms with E-state index in [-0.39, 0.29) is 5.69 Å². The summed E-state index contributed by atoms with van der Waals surface area (Å²) in [6.07, 6.45) is 1.55. The van der Waals surface area contributed by atoms with Gasteiger partial charge >= 0.3 is 0 Å². The van der Waals surface area contributed by atoms with Crippen LogP contribution in [0, 0.1) is 11.6 Å². The van der Waals surface area contributed by atoms with Gasteiger partial charge < -0.3 is 5.32 Å². The highest BCUT2D eigenvalue weighted by Crippen LogP contribution is 2.13. The number of aromatic nitrogens is 3. The second-order valence-electron chi connectivity index (χ2n) is 3.28. The van der Waals surface area contributed by atoms with Crippen molar-refractivity contribution in [3.63, 3.8) is 0 Å². The molecule has 2 rings (SSSR count). The first-order valence-electron chi connectivity index (χ1n) is 4.72. The summed E-state index contributed by atoms with van der Waals surface area (Å²) in [4.78, 5) is 0. The standard InChI is InChI=1S/C10H10F2N4/c1-13-5-8-6-16(15-14-8)10-4-7(11)2-3-9(10)12/h2-4,6,13H,5H2,1H3. The summed E-state index contributed by atoms with van der Waals surface area (Å²) in [5, 5.41) is 10.4. The van der Waals surface area contributed by atoms with E-state index >= 15 is 0 Å². The maximum Gasteiger partial charge on any atom is 0.149 e. The molecule has 0 spiro atoms. The Morgan fingerprint density at radius 2 is 2.19 bits per heavy atom. The Morgan fingerprint density at radius 3 is 2.94 bits per heavy atom. The summed E-state index contributed by atoms with van der Waals surface area (Å²) < 4.78 is 27.5. The van der Waals surface area contributed by atoms with Crippen LogP contribution < -0.4 is 5.32 Å². The van der Waals surface area contributed by atoms with Crippen molar-refractivity contribution >= 4 is 0 Å². The Labute approximate surface area is 90.9 Å². The molecule has 16 heavy (non-hydrogen) atoms. The van der Waals surface area contributed by atoms with Gasteiger partial charge in [0.1, 0.15) is 17.3 Å². The van der Waals surface area contributed by atoms with Gasteiger partial charge in [0, 0.05) is 12.6 Å². The number of nitrogens with zero attached hydrogens (tertiary/aromatic N) is 3. The van der Waals surface area contributed by atoms with Crippen molar-refractivity contribution in [2.24, 2.45) is 0 Å². The van der Waals surface area contributed by atoms with Crippen molar-refractivity contribution in [2.75, 3.05) is 7.05 Å². The number of hydrogen-bond acceptors (Lipinski definition) is 3. The van der Waals surface area contributed by atoms with Crippen molar-refractivity contribution in [3.8, 4) is 5.69 Å². The Bertz CT molecular complexity index is 495. The highest BCUT2D eigenvalue weighted by atomic mass is 19.1. The SMILES string of the molecule is CNCc1cn(-c2cc(F)ccc2F)nn1. The van der Waals surface area contributed by atoms with Gasteiger partial charge in [0.15, 0.2) is 0 Å². The van der Waals surface area contributed by atoms with Gasteiger partial charge in [-0.1, -0.05) is 5.21 Å². The molecule has 0 aliphatic heterocycles. The first-order valence-corrected chi connectivity index (χ1v) is 4.72. The van der Waals surface area contributed by atoms with E-state index in [1.807, 2.05) is 0 Å². The van der Waals surface area contributed by atoms with E-state index in [1.165, 1.54) is 4.68 Å². The lowest BCUT2D eigenvalue weighted by Gasteiger charge is -2.01. The highest BCUT2D eigenvalue weighted by Gasteiger charge is 2.08. The second kappa shape index (κ2) is 4.36. The fourth-order valence-electron chi connectivity index (χ4n) is 1.34. The zero-order valence-corrected chi connectivity index (χ0v) is 8.61. The van der Waals surface area contributed by atoms with Gasteiger partial charge in [-0.25, -0.2) is 13.5 Å². The lowest BCUT2D eigenvalue weighted by Crippen LogP contribution is -2.05. The van der Waals surface area contributed by atoms with Gasteiger partial charge in [-0.3, -0.25) is 0 Å². The molecule has 0 fully saturated rings. The molecule has 0 atom stereocenters. The third kappa shape index (κ3) is 2.06. The van der Waals surface area contributed by atoms with Crippen LogP contribution in [-0.2, 0) is 6.54 Å². The minimum absolute atomic E-state index is 0.0508. The van der Waals surface area contributed by atoms with Crippen molar-refractivity contribution < 1.29 is 8.78 Å². The van der Waals surface area contributed by atoms with Gasteiger partial charge in [0.25, 0.3) is 0 Å². The van der Waals surface area contributed by atoms with Crippen LogP contribution in [0.1, 0.15) is 5.69 Å². The molecular formula is C10H10F2N4. The fraction of sp³-hybridized carbons (Fsp3) is 0.200. The van der Waals surface area contributed by atoms with E-state index in [4.69, 9.17) is 0 Å². The minimum atomic E-state index is -0.540. The minimum Gasteiger partial charge on any atom is -0.314 e. The van der Waals surface area contributed by atoms with Crippen molar-refractivity contribution in [1.82, 2.24) is 20.3 Å². The average molecular weight is 224 g/mol. The Balaban J connectivity index is 2.38. The van der Waals surface area contributed by atoms with Crippen LogP contribution in [-0.4, -0.2) is 22.0 Å². The lowest BCUT2D eigenvalue weighted by molar-refractivity contribution is 0.584. The van der Waals surface area contributed by atoms with Gasteiger partial charge in [-0.15, -0.1) is 5.10 Å². The summed E-state index contributed by atoms with van der Waals surface area (Å²) >= 11 is 0. The predicted octanol–water partition coefficient (Wildman–Crippen LogP) is 1.26. The van der Waals surface area contributed by atoms with E-state index in [0.717, 1.165) is 18.2 Å². The van der Waals surface area contributed by atoms with Gasteiger partial charge in [-0.2, -0.15) is 0 Å². The first kappa shape index (κ1) is 10.7. The molecule has 0 radical (unpaired) electrons. The van der Waals surface area contributed by atoms with Crippen molar-refractivity contribution in [2.45, 2.75) is 6.54 Å². The molecule has 0 bridgehead atoms. The van der Waals surface area contributed by atoms with Gasteiger partial charge in [0.05, 0.1) is 11.9 Å². The van der Waals surface area contributed by atoms with E-state index in [2.05, 4.69) is 15.6 Å². The summed E-state index contributed by atoms with van der Waals surface area (Å²) in [7, 11) is 1.77. The van der Waals surface area contributed by atoms with Crippen LogP contribution in [0.3, 0.4) is 0 Å². The van der Waals surface area contributed by atoms with E-state index in [1.54, 1.807) is 13.2 Å². The number of hydrogen-bond donors (Lipinski definition) is 1. The monoisotopic (exact) mass is 224 g/mol. The Hall–Kier alpha value is -1.82. The van der Waals surface area contributed by atoms with Crippen LogP contribution >= 0.6 is 0 Å². The van der Waals surface area contributed by atoms with Crippen LogP contribution in [0.4, 0.5) is 8.78 Å². The summed E-state index contributed by atoms with van der Waals surface area (Å²) in [6.45, 7) is 0.525. The molecule has 0 unspecified atom stereocenters. The zero-order chi connectivity index (χ0) is 11.5. The molecule has 84 valence electrons. The van der Waals surface area contributed by atoms with Crippen LogP contribution in [0.25, 0.3) is 5.69 Å². The van der Waals surface area contributed by atoms with Crippen molar-refractivity contribution in [3.05, 3.63) is 41.7 Å². The number of rotatable bonds is 3. The Kier molecular flexibility index (Phi) is 2.91. The molecule has 0 amide bonds. The van der Waals surface area contributed by atoms with Gasteiger partial charge in [0.2, 0.25) is 0 Å². The topological polar surface area (TPSA) is 42.7 Å². The lowest BCUT2D eigenvalue weighted by atomic mass is 10.3. The molecule has 0 aliphatic carbocycles. The molecule has 1 heterocycles. The molecule has 0 saturated carbocycles. The summed E-state index contributed by atoms with van der Waals surface area (Å²) in [5.74, 6) is -1.05. The van der Waals surface area contributed by atoms with Crippen LogP contribution in [0.2, 0.25) is 0 Å². The molecule has 1 aromatic carbocycles. The molecular weight excluding hydrogens is 214 g/mol. The molecule has 4 nitrogen and oxygen atoms in total. The predicted molar refractivity (Wildman–Crippen MR) is 54.0 cm³/mol. The quantitative estimate of drug-likeness (QED) is 0.853. The van der Waals surface area contributed by atoms with E-state index in [9.17, 15) is 8.78 Å². The maximum absolute atomic E-state index is 13.4. The molecule has 6 heteroatoms. The van der Waals surface area contributed by atoms with E-state index < -0.39 is 11.6 Å². The molecule has 1 N–H and O–H groups in total. The van der Waals surface area contributed by atoms with Crippen LogP contribution in [0.15, 0.2) is 24.4 Å². The van der Waals surface area contributed by atoms with Gasteiger partial charge in [-0.05, 0) is 19.2 Å². The number of nitrogens with one attached hydrogen (secondary N) is 1. The summed E-state index contributed by atoms with van der Waals surface area (Å²) in [5.41, 5.74) is 0.709. The third-order valence-electron chi connectivity index (χ3n) is 2.05. The molecule has 0 saturated heterocycles. The largest absolute Gasteiger partial charge is 0.314 e. The fourth-order valence-corrected chi connectivity index (χ4v) is 1.34. The summed E-state index contributed by atoms with van der Waals surface area (Å²) in [6, 6.07) is 3.20.